The topological polar surface area (TPSA) is 77.9 Å². The van der Waals surface area contributed by atoms with E-state index in [1.807, 2.05) is 36.4 Å². The van der Waals surface area contributed by atoms with Crippen LogP contribution in [0.4, 0.5) is 0 Å². The van der Waals surface area contributed by atoms with Crippen LogP contribution in [0.5, 0.6) is 17.2 Å². The molecular weight excluding hydrogens is 382 g/mol. The minimum absolute atomic E-state index is 0.348. The molecule has 0 spiro atoms. The Morgan fingerprint density at radius 2 is 1.70 bits per heavy atom. The Labute approximate surface area is 174 Å². The van der Waals surface area contributed by atoms with E-state index in [4.69, 9.17) is 19.2 Å². The summed E-state index contributed by atoms with van der Waals surface area (Å²) in [5.41, 5.74) is 4.37. The highest BCUT2D eigenvalue weighted by molar-refractivity contribution is 6.06. The molecule has 4 rings (SSSR count). The van der Waals surface area contributed by atoms with Gasteiger partial charge in [0.2, 0.25) is 0 Å². The minimum atomic E-state index is -0.921. The molecule has 0 aliphatic heterocycles. The second-order valence-corrected chi connectivity index (χ2v) is 7.11. The average Bonchev–Trinajstić information content (AvgIpc) is 2.77. The van der Waals surface area contributed by atoms with E-state index in [2.05, 4.69) is 0 Å². The zero-order valence-corrected chi connectivity index (χ0v) is 17.2. The summed E-state index contributed by atoms with van der Waals surface area (Å²) < 4.78 is 16.4. The third-order valence-corrected chi connectivity index (χ3v) is 5.45. The summed E-state index contributed by atoms with van der Waals surface area (Å²) in [7, 11) is 4.77. The molecule has 3 aromatic rings. The maximum Gasteiger partial charge on any atom is 0.336 e. The smallest absolute Gasteiger partial charge is 0.336 e. The van der Waals surface area contributed by atoms with E-state index >= 15 is 0 Å². The number of ether oxygens (including phenoxy) is 3. The van der Waals surface area contributed by atoms with Crippen molar-refractivity contribution in [2.75, 3.05) is 21.3 Å². The SMILES string of the molecule is COc1cc(OC)c(OC)cc1/C=C1\CCCc2c1nc1ccccc1c2C(=O)O. The van der Waals surface area contributed by atoms with E-state index in [1.54, 1.807) is 27.4 Å². The third kappa shape index (κ3) is 3.34. The van der Waals surface area contributed by atoms with Crippen LogP contribution in [0.1, 0.15) is 40.0 Å². The van der Waals surface area contributed by atoms with Crippen LogP contribution in [-0.4, -0.2) is 37.4 Å². The molecule has 1 heterocycles. The number of rotatable bonds is 5. The number of carboxylic acid groups (broad SMARTS) is 1. The fourth-order valence-electron chi connectivity index (χ4n) is 4.07. The number of para-hydroxylation sites is 1. The number of carbonyl (C=O) groups is 1. The van der Waals surface area contributed by atoms with Crippen molar-refractivity contribution in [3.05, 3.63) is 58.8 Å². The molecule has 0 atom stereocenters. The largest absolute Gasteiger partial charge is 0.496 e. The van der Waals surface area contributed by atoms with Crippen molar-refractivity contribution in [2.45, 2.75) is 19.3 Å². The van der Waals surface area contributed by atoms with Gasteiger partial charge in [-0.1, -0.05) is 18.2 Å². The number of aromatic nitrogens is 1. The van der Waals surface area contributed by atoms with Crippen molar-refractivity contribution in [1.82, 2.24) is 4.98 Å². The lowest BCUT2D eigenvalue weighted by Crippen LogP contribution is -2.13. The van der Waals surface area contributed by atoms with Crippen molar-refractivity contribution in [3.8, 4) is 17.2 Å². The van der Waals surface area contributed by atoms with Gasteiger partial charge in [-0.05, 0) is 48.6 Å². The van der Waals surface area contributed by atoms with Gasteiger partial charge in [0.15, 0.2) is 11.5 Å². The number of carboxylic acids is 1. The molecule has 1 aliphatic carbocycles. The van der Waals surface area contributed by atoms with Gasteiger partial charge >= 0.3 is 5.97 Å². The van der Waals surface area contributed by atoms with Crippen LogP contribution in [-0.2, 0) is 6.42 Å². The Hall–Kier alpha value is -3.54. The number of hydrogen-bond donors (Lipinski definition) is 1. The molecular formula is C24H23NO5. The van der Waals surface area contributed by atoms with Crippen LogP contribution in [0.25, 0.3) is 22.6 Å². The van der Waals surface area contributed by atoms with Crippen molar-refractivity contribution in [1.29, 1.82) is 0 Å². The van der Waals surface area contributed by atoms with Gasteiger partial charge < -0.3 is 19.3 Å². The first-order valence-corrected chi connectivity index (χ1v) is 9.73. The second-order valence-electron chi connectivity index (χ2n) is 7.11. The Bertz CT molecular complexity index is 1170. The second kappa shape index (κ2) is 8.06. The first-order chi connectivity index (χ1) is 14.6. The van der Waals surface area contributed by atoms with Crippen LogP contribution < -0.4 is 14.2 Å². The summed E-state index contributed by atoms with van der Waals surface area (Å²) >= 11 is 0. The lowest BCUT2D eigenvalue weighted by atomic mass is 9.86. The quantitative estimate of drug-likeness (QED) is 0.655. The van der Waals surface area contributed by atoms with E-state index < -0.39 is 5.97 Å². The first-order valence-electron chi connectivity index (χ1n) is 9.73. The number of benzene rings is 2. The summed E-state index contributed by atoms with van der Waals surface area (Å²) in [6.07, 6.45) is 4.35. The number of pyridine rings is 1. The summed E-state index contributed by atoms with van der Waals surface area (Å²) in [6.45, 7) is 0. The molecule has 0 saturated carbocycles. The maximum atomic E-state index is 12.1. The molecule has 0 unspecified atom stereocenters. The Morgan fingerprint density at radius 1 is 1.00 bits per heavy atom. The molecule has 1 aromatic heterocycles. The zero-order valence-electron chi connectivity index (χ0n) is 17.2. The van der Waals surface area contributed by atoms with Crippen LogP contribution in [0, 0.1) is 0 Å². The van der Waals surface area contributed by atoms with Gasteiger partial charge in [0, 0.05) is 17.0 Å². The van der Waals surface area contributed by atoms with Gasteiger partial charge in [-0.15, -0.1) is 0 Å². The van der Waals surface area contributed by atoms with Crippen LogP contribution >= 0.6 is 0 Å². The van der Waals surface area contributed by atoms with E-state index in [0.29, 0.717) is 40.1 Å². The van der Waals surface area contributed by atoms with Gasteiger partial charge in [-0.2, -0.15) is 0 Å². The Kier molecular flexibility index (Phi) is 5.31. The summed E-state index contributed by atoms with van der Waals surface area (Å²) in [5.74, 6) is 0.901. The predicted molar refractivity (Wildman–Crippen MR) is 116 cm³/mol. The molecule has 0 saturated heterocycles. The van der Waals surface area contributed by atoms with Gasteiger partial charge in [-0.25, -0.2) is 9.78 Å². The highest BCUT2D eigenvalue weighted by atomic mass is 16.5. The average molecular weight is 405 g/mol. The molecule has 1 aliphatic rings. The molecule has 2 aromatic carbocycles. The number of nitrogens with zero attached hydrogens (tertiary/aromatic N) is 1. The van der Waals surface area contributed by atoms with E-state index in [1.165, 1.54) is 0 Å². The van der Waals surface area contributed by atoms with Gasteiger partial charge in [0.1, 0.15) is 5.75 Å². The normalized spacial score (nSPS) is 14.4. The minimum Gasteiger partial charge on any atom is -0.496 e. The highest BCUT2D eigenvalue weighted by Crippen LogP contribution is 2.40. The van der Waals surface area contributed by atoms with Crippen molar-refractivity contribution in [3.63, 3.8) is 0 Å². The highest BCUT2D eigenvalue weighted by Gasteiger charge is 2.25. The molecule has 30 heavy (non-hydrogen) atoms. The van der Waals surface area contributed by atoms with Crippen LogP contribution in [0.15, 0.2) is 36.4 Å². The van der Waals surface area contributed by atoms with E-state index in [-0.39, 0.29) is 0 Å². The number of methoxy groups -OCH3 is 3. The summed E-state index contributed by atoms with van der Waals surface area (Å²) in [6, 6.07) is 11.0. The third-order valence-electron chi connectivity index (χ3n) is 5.45. The maximum absolute atomic E-state index is 12.1. The number of hydrogen-bond acceptors (Lipinski definition) is 5. The Morgan fingerprint density at radius 3 is 2.40 bits per heavy atom. The number of fused-ring (bicyclic) bond motifs is 2. The van der Waals surface area contributed by atoms with Gasteiger partial charge in [-0.3, -0.25) is 0 Å². The molecule has 6 heteroatoms. The Balaban J connectivity index is 1.94. The lowest BCUT2D eigenvalue weighted by Gasteiger charge is -2.22. The number of allylic oxidation sites excluding steroid dienone is 1. The molecule has 1 N–H and O–H groups in total. The molecule has 0 radical (unpaired) electrons. The standard InChI is InChI=1S/C24H23NO5/c1-28-19-13-21(30-3)20(29-2)12-15(19)11-14-7-6-9-17-22(24(26)27)16-8-4-5-10-18(16)25-23(14)17/h4-5,8,10-13H,6-7,9H2,1-3H3,(H,26,27)/b14-11+. The fraction of sp³-hybridized carbons (Fsp3) is 0.250. The van der Waals surface area contributed by atoms with E-state index in [9.17, 15) is 9.90 Å². The molecule has 0 amide bonds. The monoisotopic (exact) mass is 405 g/mol. The predicted octanol–water partition coefficient (Wildman–Crippen LogP) is 4.84. The summed E-state index contributed by atoms with van der Waals surface area (Å²) in [5, 5.41) is 10.6. The van der Waals surface area contributed by atoms with Crippen LogP contribution in [0.3, 0.4) is 0 Å². The lowest BCUT2D eigenvalue weighted by molar-refractivity contribution is 0.0697. The van der Waals surface area contributed by atoms with Gasteiger partial charge in [0.25, 0.3) is 0 Å². The zero-order chi connectivity index (χ0) is 21.3. The summed E-state index contributed by atoms with van der Waals surface area (Å²) in [4.78, 5) is 16.9. The molecule has 0 bridgehead atoms. The first kappa shape index (κ1) is 19.8. The molecule has 0 fully saturated rings. The molecule has 6 nitrogen and oxygen atoms in total. The van der Waals surface area contributed by atoms with E-state index in [0.717, 1.165) is 35.2 Å². The van der Waals surface area contributed by atoms with Crippen molar-refractivity contribution in [2.24, 2.45) is 0 Å². The fourth-order valence-corrected chi connectivity index (χ4v) is 4.07. The number of aromatic carboxylic acids is 1. The molecule has 154 valence electrons. The van der Waals surface area contributed by atoms with Gasteiger partial charge in [0.05, 0.1) is 38.1 Å². The van der Waals surface area contributed by atoms with Crippen LogP contribution in [0.2, 0.25) is 0 Å². The van der Waals surface area contributed by atoms with Crippen molar-refractivity contribution >= 4 is 28.5 Å². The van der Waals surface area contributed by atoms with Crippen molar-refractivity contribution < 1.29 is 24.1 Å².